The first-order valence-corrected chi connectivity index (χ1v) is 8.92. The van der Waals surface area contributed by atoms with Crippen molar-refractivity contribution >= 4 is 21.6 Å². The number of hydrogen-bond acceptors (Lipinski definition) is 2. The van der Waals surface area contributed by atoms with Crippen LogP contribution in [-0.2, 0) is 10.0 Å². The molecule has 118 valence electrons. The van der Waals surface area contributed by atoms with Crippen LogP contribution in [0.15, 0.2) is 53.4 Å². The van der Waals surface area contributed by atoms with E-state index in [4.69, 9.17) is 11.6 Å². The van der Waals surface area contributed by atoms with Crippen molar-refractivity contribution in [2.45, 2.75) is 24.1 Å². The predicted octanol–water partition coefficient (Wildman–Crippen LogP) is 3.90. The molecule has 22 heavy (non-hydrogen) atoms. The molecule has 2 aromatic rings. The minimum atomic E-state index is -3.52. The number of benzene rings is 2. The standard InChI is InChI=1S/C17H20ClNO2S/c1-13-4-8-15(9-5-13)17(18)12-19(3)22(20,21)16-10-6-14(2)7-11-16/h4-11,17H,12H2,1-3H3. The smallest absolute Gasteiger partial charge is 0.207 e. The Morgan fingerprint density at radius 3 is 1.91 bits per heavy atom. The van der Waals surface area contributed by atoms with Crippen molar-refractivity contribution in [3.05, 3.63) is 65.2 Å². The highest BCUT2D eigenvalue weighted by atomic mass is 35.5. The zero-order chi connectivity index (χ0) is 16.3. The number of sulfonamides is 1. The lowest BCUT2D eigenvalue weighted by molar-refractivity contribution is 0.468. The van der Waals surface area contributed by atoms with E-state index in [2.05, 4.69) is 0 Å². The molecule has 0 heterocycles. The van der Waals surface area contributed by atoms with Crippen molar-refractivity contribution in [3.63, 3.8) is 0 Å². The number of aryl methyl sites for hydroxylation is 2. The molecule has 0 saturated carbocycles. The number of halogens is 1. The summed E-state index contributed by atoms with van der Waals surface area (Å²) in [6.45, 7) is 4.15. The second-order valence-electron chi connectivity index (χ2n) is 5.48. The molecule has 0 N–H and O–H groups in total. The molecule has 0 bridgehead atoms. The molecule has 3 nitrogen and oxygen atoms in total. The SMILES string of the molecule is Cc1ccc(C(Cl)CN(C)S(=O)(=O)c2ccc(C)cc2)cc1. The van der Waals surface area contributed by atoms with Crippen LogP contribution in [0.1, 0.15) is 22.1 Å². The molecule has 2 aromatic carbocycles. The van der Waals surface area contributed by atoms with Gasteiger partial charge in [-0.2, -0.15) is 4.31 Å². The third-order valence-corrected chi connectivity index (χ3v) is 5.81. The Balaban J connectivity index is 2.15. The lowest BCUT2D eigenvalue weighted by Crippen LogP contribution is -2.30. The number of alkyl halides is 1. The number of rotatable bonds is 5. The molecule has 2 rings (SSSR count). The van der Waals surface area contributed by atoms with Crippen molar-refractivity contribution in [1.82, 2.24) is 4.31 Å². The summed E-state index contributed by atoms with van der Waals surface area (Å²) in [6, 6.07) is 14.6. The van der Waals surface area contributed by atoms with Gasteiger partial charge < -0.3 is 0 Å². The van der Waals surface area contributed by atoms with Crippen LogP contribution in [0.5, 0.6) is 0 Å². The maximum atomic E-state index is 12.5. The average Bonchev–Trinajstić information content (AvgIpc) is 2.48. The van der Waals surface area contributed by atoms with E-state index in [1.165, 1.54) is 4.31 Å². The van der Waals surface area contributed by atoms with E-state index in [1.807, 2.05) is 38.1 Å². The lowest BCUT2D eigenvalue weighted by Gasteiger charge is -2.20. The fourth-order valence-electron chi connectivity index (χ4n) is 2.09. The summed E-state index contributed by atoms with van der Waals surface area (Å²) in [5.74, 6) is 0. The summed E-state index contributed by atoms with van der Waals surface area (Å²) in [4.78, 5) is 0.286. The van der Waals surface area contributed by atoms with Gasteiger partial charge in [0.05, 0.1) is 10.3 Å². The molecule has 0 aliphatic heterocycles. The number of likely N-dealkylation sites (N-methyl/N-ethyl adjacent to an activating group) is 1. The fourth-order valence-corrected chi connectivity index (χ4v) is 3.71. The van der Waals surface area contributed by atoms with Gasteiger partial charge in [0.15, 0.2) is 0 Å². The lowest BCUT2D eigenvalue weighted by atomic mass is 10.1. The van der Waals surface area contributed by atoms with Crippen LogP contribution >= 0.6 is 11.6 Å². The van der Waals surface area contributed by atoms with Gasteiger partial charge in [-0.1, -0.05) is 47.5 Å². The van der Waals surface area contributed by atoms with Gasteiger partial charge in [0, 0.05) is 13.6 Å². The minimum Gasteiger partial charge on any atom is -0.207 e. The summed E-state index contributed by atoms with van der Waals surface area (Å²) in [5, 5.41) is -0.383. The topological polar surface area (TPSA) is 37.4 Å². The Bertz CT molecular complexity index is 724. The summed E-state index contributed by atoms with van der Waals surface area (Å²) in [7, 11) is -1.96. The first kappa shape index (κ1) is 17.0. The molecule has 0 radical (unpaired) electrons. The van der Waals surface area contributed by atoms with E-state index in [0.29, 0.717) is 0 Å². The van der Waals surface area contributed by atoms with E-state index in [0.717, 1.165) is 16.7 Å². The van der Waals surface area contributed by atoms with Crippen LogP contribution in [-0.4, -0.2) is 26.3 Å². The van der Waals surface area contributed by atoms with Gasteiger partial charge in [-0.3, -0.25) is 0 Å². The highest BCUT2D eigenvalue weighted by Crippen LogP contribution is 2.24. The Hall–Kier alpha value is -1.36. The predicted molar refractivity (Wildman–Crippen MR) is 90.8 cm³/mol. The highest BCUT2D eigenvalue weighted by Gasteiger charge is 2.23. The molecule has 0 aromatic heterocycles. The summed E-state index contributed by atoms with van der Waals surface area (Å²) in [6.07, 6.45) is 0. The van der Waals surface area contributed by atoms with Gasteiger partial charge in [-0.15, -0.1) is 11.6 Å². The largest absolute Gasteiger partial charge is 0.242 e. The average molecular weight is 338 g/mol. The third-order valence-electron chi connectivity index (χ3n) is 3.59. The zero-order valence-corrected chi connectivity index (χ0v) is 14.5. The Labute approximate surface area is 137 Å². The normalized spacial score (nSPS) is 13.3. The minimum absolute atomic E-state index is 0.223. The van der Waals surface area contributed by atoms with E-state index < -0.39 is 10.0 Å². The van der Waals surface area contributed by atoms with Gasteiger partial charge >= 0.3 is 0 Å². The van der Waals surface area contributed by atoms with Gasteiger partial charge in [0.25, 0.3) is 0 Å². The van der Waals surface area contributed by atoms with Crippen molar-refractivity contribution in [1.29, 1.82) is 0 Å². The van der Waals surface area contributed by atoms with E-state index in [9.17, 15) is 8.42 Å². The van der Waals surface area contributed by atoms with E-state index >= 15 is 0 Å². The molecule has 0 aliphatic rings. The van der Waals surface area contributed by atoms with Crippen molar-refractivity contribution in [3.8, 4) is 0 Å². The molecule has 0 amide bonds. The molecular weight excluding hydrogens is 318 g/mol. The Kier molecular flexibility index (Phi) is 5.27. The number of hydrogen-bond donors (Lipinski definition) is 0. The maximum absolute atomic E-state index is 12.5. The van der Waals surface area contributed by atoms with Crippen LogP contribution in [0, 0.1) is 13.8 Å². The molecule has 1 unspecified atom stereocenters. The van der Waals surface area contributed by atoms with Crippen LogP contribution < -0.4 is 0 Å². The summed E-state index contributed by atoms with van der Waals surface area (Å²) < 4.78 is 26.4. The Morgan fingerprint density at radius 1 is 0.955 bits per heavy atom. The Morgan fingerprint density at radius 2 is 1.41 bits per heavy atom. The zero-order valence-electron chi connectivity index (χ0n) is 13.0. The quantitative estimate of drug-likeness (QED) is 0.776. The second kappa shape index (κ2) is 6.82. The highest BCUT2D eigenvalue weighted by molar-refractivity contribution is 7.89. The van der Waals surface area contributed by atoms with E-state index in [1.54, 1.807) is 31.3 Å². The first-order chi connectivity index (χ1) is 10.3. The maximum Gasteiger partial charge on any atom is 0.242 e. The molecule has 0 aliphatic carbocycles. The molecule has 1 atom stereocenters. The summed E-state index contributed by atoms with van der Waals surface area (Å²) >= 11 is 6.37. The molecule has 0 saturated heterocycles. The van der Waals surface area contributed by atoms with Crippen LogP contribution in [0.3, 0.4) is 0 Å². The van der Waals surface area contributed by atoms with Gasteiger partial charge in [-0.05, 0) is 31.5 Å². The van der Waals surface area contributed by atoms with E-state index in [-0.39, 0.29) is 16.8 Å². The fraction of sp³-hybridized carbons (Fsp3) is 0.294. The molecule has 0 fully saturated rings. The van der Waals surface area contributed by atoms with Crippen molar-refractivity contribution < 1.29 is 8.42 Å². The molecule has 0 spiro atoms. The molecular formula is C17H20ClNO2S. The first-order valence-electron chi connectivity index (χ1n) is 7.04. The second-order valence-corrected chi connectivity index (χ2v) is 8.05. The summed E-state index contributed by atoms with van der Waals surface area (Å²) in [5.41, 5.74) is 3.09. The third kappa shape index (κ3) is 3.88. The number of nitrogens with zero attached hydrogens (tertiary/aromatic N) is 1. The van der Waals surface area contributed by atoms with Crippen LogP contribution in [0.25, 0.3) is 0 Å². The monoisotopic (exact) mass is 337 g/mol. The van der Waals surface area contributed by atoms with Gasteiger partial charge in [0.1, 0.15) is 0 Å². The van der Waals surface area contributed by atoms with Crippen LogP contribution in [0.2, 0.25) is 0 Å². The van der Waals surface area contributed by atoms with Crippen molar-refractivity contribution in [2.24, 2.45) is 0 Å². The van der Waals surface area contributed by atoms with Gasteiger partial charge in [0.2, 0.25) is 10.0 Å². The van der Waals surface area contributed by atoms with Gasteiger partial charge in [-0.25, -0.2) is 8.42 Å². The van der Waals surface area contributed by atoms with Crippen molar-refractivity contribution in [2.75, 3.05) is 13.6 Å². The molecule has 5 heteroatoms. The van der Waals surface area contributed by atoms with Crippen LogP contribution in [0.4, 0.5) is 0 Å².